The van der Waals surface area contributed by atoms with Crippen molar-refractivity contribution in [3.8, 4) is 0 Å². The van der Waals surface area contributed by atoms with Crippen molar-refractivity contribution in [3.63, 3.8) is 0 Å². The SMILES string of the molecule is CC(=O)c1sc(Nc2cc(Cl)c(F)c(Cl)c2)nc1C(=O)O. The molecule has 0 aliphatic carbocycles. The first-order valence-corrected chi connectivity index (χ1v) is 7.03. The van der Waals surface area contributed by atoms with Crippen LogP contribution in [-0.4, -0.2) is 21.8 Å². The van der Waals surface area contributed by atoms with Gasteiger partial charge < -0.3 is 10.4 Å². The number of rotatable bonds is 4. The number of nitrogens with zero attached hydrogens (tertiary/aromatic N) is 1. The molecule has 1 heterocycles. The molecule has 1 aromatic heterocycles. The normalized spacial score (nSPS) is 10.5. The minimum absolute atomic E-state index is 0.0179. The summed E-state index contributed by atoms with van der Waals surface area (Å²) in [6.07, 6.45) is 0. The third-order valence-corrected chi connectivity index (χ3v) is 4.01. The number of carboxylic acid groups (broad SMARTS) is 1. The minimum Gasteiger partial charge on any atom is -0.476 e. The number of aromatic nitrogens is 1. The van der Waals surface area contributed by atoms with Crippen molar-refractivity contribution >= 4 is 57.1 Å². The molecule has 0 saturated carbocycles. The van der Waals surface area contributed by atoms with Gasteiger partial charge in [-0.1, -0.05) is 34.5 Å². The zero-order valence-corrected chi connectivity index (χ0v) is 12.7. The summed E-state index contributed by atoms with van der Waals surface area (Å²) < 4.78 is 13.3. The largest absolute Gasteiger partial charge is 0.476 e. The van der Waals surface area contributed by atoms with Crippen molar-refractivity contribution < 1.29 is 19.1 Å². The second kappa shape index (κ2) is 5.97. The molecule has 0 aliphatic heterocycles. The van der Waals surface area contributed by atoms with Gasteiger partial charge in [0, 0.05) is 12.6 Å². The highest BCUT2D eigenvalue weighted by molar-refractivity contribution is 7.17. The average Bonchev–Trinajstić information content (AvgIpc) is 2.80. The molecule has 1 aromatic carbocycles. The Bertz CT molecular complexity index is 694. The van der Waals surface area contributed by atoms with Gasteiger partial charge in [0.1, 0.15) is 4.88 Å². The van der Waals surface area contributed by atoms with E-state index in [1.807, 2.05) is 0 Å². The maximum absolute atomic E-state index is 13.3. The number of benzene rings is 1. The molecule has 2 N–H and O–H groups in total. The molecule has 2 rings (SSSR count). The molecule has 5 nitrogen and oxygen atoms in total. The van der Waals surface area contributed by atoms with Crippen LogP contribution in [-0.2, 0) is 0 Å². The lowest BCUT2D eigenvalue weighted by Gasteiger charge is -2.05. The van der Waals surface area contributed by atoms with Gasteiger partial charge in [-0.2, -0.15) is 0 Å². The predicted molar refractivity (Wildman–Crippen MR) is 78.8 cm³/mol. The second-order valence-electron chi connectivity index (χ2n) is 3.94. The van der Waals surface area contributed by atoms with Gasteiger partial charge >= 0.3 is 5.97 Å². The molecular weight excluding hydrogens is 342 g/mol. The number of Topliss-reactive ketones (excluding diaryl/α,β-unsaturated/α-hetero) is 1. The summed E-state index contributed by atoms with van der Waals surface area (Å²) in [4.78, 5) is 26.2. The zero-order valence-electron chi connectivity index (χ0n) is 10.4. The van der Waals surface area contributed by atoms with Gasteiger partial charge in [0.2, 0.25) is 0 Å². The Balaban J connectivity index is 2.38. The summed E-state index contributed by atoms with van der Waals surface area (Å²) in [7, 11) is 0. The summed E-state index contributed by atoms with van der Waals surface area (Å²) in [5, 5.41) is 11.5. The Labute approximate surface area is 132 Å². The molecule has 0 atom stereocenters. The van der Waals surface area contributed by atoms with E-state index in [1.54, 1.807) is 0 Å². The number of thiazole rings is 1. The number of hydrogen-bond acceptors (Lipinski definition) is 5. The average molecular weight is 349 g/mol. The van der Waals surface area contributed by atoms with Crippen LogP contribution in [0.4, 0.5) is 15.2 Å². The van der Waals surface area contributed by atoms with E-state index in [0.29, 0.717) is 5.69 Å². The summed E-state index contributed by atoms with van der Waals surface area (Å²) in [5.74, 6) is -2.47. The summed E-state index contributed by atoms with van der Waals surface area (Å²) in [5.41, 5.74) is -0.0125. The van der Waals surface area contributed by atoms with Crippen LogP contribution in [0.25, 0.3) is 0 Å². The van der Waals surface area contributed by atoms with Crippen LogP contribution in [0.3, 0.4) is 0 Å². The Morgan fingerprint density at radius 2 is 1.90 bits per heavy atom. The van der Waals surface area contributed by atoms with Crippen molar-refractivity contribution in [1.29, 1.82) is 0 Å². The number of halogens is 3. The van der Waals surface area contributed by atoms with Crippen molar-refractivity contribution in [2.45, 2.75) is 6.92 Å². The molecule has 9 heteroatoms. The van der Waals surface area contributed by atoms with Gasteiger partial charge in [0.05, 0.1) is 10.0 Å². The van der Waals surface area contributed by atoms with Crippen molar-refractivity contribution in [2.75, 3.05) is 5.32 Å². The summed E-state index contributed by atoms with van der Waals surface area (Å²) >= 11 is 12.2. The number of ketones is 1. The lowest BCUT2D eigenvalue weighted by molar-refractivity contribution is 0.0687. The Morgan fingerprint density at radius 1 is 1.33 bits per heavy atom. The highest BCUT2D eigenvalue weighted by atomic mass is 35.5. The quantitative estimate of drug-likeness (QED) is 0.638. The molecule has 0 fully saturated rings. The lowest BCUT2D eigenvalue weighted by atomic mass is 10.3. The second-order valence-corrected chi connectivity index (χ2v) is 5.75. The minimum atomic E-state index is -1.31. The van der Waals surface area contributed by atoms with Crippen LogP contribution in [0, 0.1) is 5.82 Å². The van der Waals surface area contributed by atoms with E-state index < -0.39 is 17.6 Å². The third kappa shape index (κ3) is 3.31. The fourth-order valence-electron chi connectivity index (χ4n) is 1.51. The summed E-state index contributed by atoms with van der Waals surface area (Å²) in [6.45, 7) is 1.25. The Kier molecular flexibility index (Phi) is 4.46. The van der Waals surface area contributed by atoms with Gasteiger partial charge in [0.25, 0.3) is 0 Å². The van der Waals surface area contributed by atoms with E-state index in [2.05, 4.69) is 10.3 Å². The molecule has 0 bridgehead atoms. The number of carbonyl (C=O) groups is 2. The molecule has 0 aliphatic rings. The number of carbonyl (C=O) groups excluding carboxylic acids is 1. The Hall–Kier alpha value is -1.70. The molecule has 0 radical (unpaired) electrons. The molecule has 110 valence electrons. The molecule has 21 heavy (non-hydrogen) atoms. The van der Waals surface area contributed by atoms with Crippen LogP contribution in [0.15, 0.2) is 12.1 Å². The van der Waals surface area contributed by atoms with Crippen LogP contribution < -0.4 is 5.32 Å². The maximum atomic E-state index is 13.3. The van der Waals surface area contributed by atoms with E-state index in [9.17, 15) is 14.0 Å². The van der Waals surface area contributed by atoms with Crippen LogP contribution >= 0.6 is 34.5 Å². The first kappa shape index (κ1) is 15.7. The van der Waals surface area contributed by atoms with Crippen LogP contribution in [0.2, 0.25) is 10.0 Å². The molecular formula is C12H7Cl2FN2O3S. The monoisotopic (exact) mass is 348 g/mol. The first-order valence-electron chi connectivity index (χ1n) is 5.46. The fraction of sp³-hybridized carbons (Fsp3) is 0.0833. The van der Waals surface area contributed by atoms with E-state index >= 15 is 0 Å². The molecule has 0 spiro atoms. The topological polar surface area (TPSA) is 79.3 Å². The van der Waals surface area contributed by atoms with Gasteiger partial charge in [-0.25, -0.2) is 14.2 Å². The maximum Gasteiger partial charge on any atom is 0.356 e. The smallest absolute Gasteiger partial charge is 0.356 e. The van der Waals surface area contributed by atoms with Gasteiger partial charge in [-0.05, 0) is 12.1 Å². The number of nitrogens with one attached hydrogen (secondary N) is 1. The van der Waals surface area contributed by atoms with Crippen molar-refractivity contribution in [1.82, 2.24) is 4.98 Å². The molecule has 2 aromatic rings. The zero-order chi connectivity index (χ0) is 15.7. The fourth-order valence-corrected chi connectivity index (χ4v) is 2.87. The van der Waals surface area contributed by atoms with E-state index in [1.165, 1.54) is 19.1 Å². The van der Waals surface area contributed by atoms with Crippen molar-refractivity contribution in [3.05, 3.63) is 38.6 Å². The molecule has 0 amide bonds. The molecule has 0 saturated heterocycles. The number of carboxylic acids is 1. The Morgan fingerprint density at radius 3 is 2.33 bits per heavy atom. The van der Waals surface area contributed by atoms with Gasteiger partial charge in [0.15, 0.2) is 22.4 Å². The van der Waals surface area contributed by atoms with Gasteiger partial charge in [-0.15, -0.1) is 0 Å². The first-order chi connectivity index (χ1) is 9.79. The standard InChI is InChI=1S/C12H7Cl2FN2O3S/c1-4(18)10-9(11(19)20)17-12(21-10)16-5-2-6(13)8(15)7(14)3-5/h2-3H,1H3,(H,16,17)(H,19,20). The highest BCUT2D eigenvalue weighted by Crippen LogP contribution is 2.31. The van der Waals surface area contributed by atoms with E-state index in [-0.39, 0.29) is 25.7 Å². The van der Waals surface area contributed by atoms with Crippen LogP contribution in [0.5, 0.6) is 0 Å². The van der Waals surface area contributed by atoms with E-state index in [4.69, 9.17) is 28.3 Å². The third-order valence-electron chi connectivity index (χ3n) is 2.38. The predicted octanol–water partition coefficient (Wildman–Crippen LogP) is 4.23. The molecule has 0 unspecified atom stereocenters. The summed E-state index contributed by atoms with van der Waals surface area (Å²) in [6, 6.07) is 2.55. The van der Waals surface area contributed by atoms with E-state index in [0.717, 1.165) is 11.3 Å². The number of anilines is 2. The highest BCUT2D eigenvalue weighted by Gasteiger charge is 2.21. The van der Waals surface area contributed by atoms with Crippen molar-refractivity contribution in [2.24, 2.45) is 0 Å². The van der Waals surface area contributed by atoms with Gasteiger partial charge in [-0.3, -0.25) is 4.79 Å². The number of hydrogen-bond donors (Lipinski definition) is 2. The lowest BCUT2D eigenvalue weighted by Crippen LogP contribution is -2.03. The number of aromatic carboxylic acids is 1. The van der Waals surface area contributed by atoms with Crippen LogP contribution in [0.1, 0.15) is 27.1 Å².